The summed E-state index contributed by atoms with van der Waals surface area (Å²) in [6.07, 6.45) is 1.92. The molecule has 0 bridgehead atoms. The van der Waals surface area contributed by atoms with Crippen LogP contribution in [0.4, 0.5) is 0 Å². The molecule has 1 saturated carbocycles. The van der Waals surface area contributed by atoms with Crippen LogP contribution >= 0.6 is 0 Å². The van der Waals surface area contributed by atoms with Crippen LogP contribution in [0.5, 0.6) is 5.75 Å². The Hall–Kier alpha value is -1.31. The largest absolute Gasteiger partial charge is 0.496 e. The summed E-state index contributed by atoms with van der Waals surface area (Å²) in [5.41, 5.74) is 0.821. The first-order valence-electron chi connectivity index (χ1n) is 4.85. The van der Waals surface area contributed by atoms with E-state index < -0.39 is 0 Å². The molecule has 0 aliphatic heterocycles. The van der Waals surface area contributed by atoms with E-state index in [2.05, 4.69) is 0 Å². The van der Waals surface area contributed by atoms with Crippen molar-refractivity contribution in [2.75, 3.05) is 7.11 Å². The number of hydrogen-bond acceptors (Lipinski definition) is 2. The number of ketones is 1. The predicted octanol–water partition coefficient (Wildman–Crippen LogP) is 2.32. The zero-order valence-corrected chi connectivity index (χ0v) is 8.54. The summed E-state index contributed by atoms with van der Waals surface area (Å²) in [4.78, 5) is 11.5. The van der Waals surface area contributed by atoms with E-state index in [0.29, 0.717) is 0 Å². The van der Waals surface area contributed by atoms with Crippen LogP contribution in [0, 0.1) is 0 Å². The Balaban J connectivity index is 2.46. The van der Waals surface area contributed by atoms with Gasteiger partial charge < -0.3 is 4.74 Å². The lowest BCUT2D eigenvalue weighted by molar-refractivity contribution is -0.119. The van der Waals surface area contributed by atoms with Gasteiger partial charge in [-0.25, -0.2) is 0 Å². The Morgan fingerprint density at radius 2 is 2.00 bits per heavy atom. The molecule has 0 radical (unpaired) electrons. The molecule has 2 rings (SSSR count). The molecule has 14 heavy (non-hydrogen) atoms. The molecular weight excluding hydrogens is 176 g/mol. The molecule has 1 aromatic carbocycles. The number of hydrogen-bond donors (Lipinski definition) is 0. The Bertz CT molecular complexity index is 364. The highest BCUT2D eigenvalue weighted by Crippen LogP contribution is 2.51. The van der Waals surface area contributed by atoms with Crippen LogP contribution in [0.3, 0.4) is 0 Å². The van der Waals surface area contributed by atoms with Gasteiger partial charge in [0.1, 0.15) is 11.5 Å². The fourth-order valence-electron chi connectivity index (χ4n) is 1.98. The van der Waals surface area contributed by atoms with Gasteiger partial charge in [0.15, 0.2) is 0 Å². The summed E-state index contributed by atoms with van der Waals surface area (Å²) in [7, 11) is 1.65. The monoisotopic (exact) mass is 190 g/mol. The highest BCUT2D eigenvalue weighted by molar-refractivity contribution is 5.91. The smallest absolute Gasteiger partial charge is 0.140 e. The molecule has 2 nitrogen and oxygen atoms in total. The molecule has 0 aromatic heterocycles. The standard InChI is InChI=1S/C12H14O2/c1-9(13)12(7-8-12)10-5-3-4-6-11(10)14-2/h3-6H,7-8H2,1-2H3. The maximum absolute atomic E-state index is 11.5. The van der Waals surface area contributed by atoms with Crippen molar-refractivity contribution in [3.63, 3.8) is 0 Å². The molecule has 0 amide bonds. The van der Waals surface area contributed by atoms with Crippen LogP contribution in [0.2, 0.25) is 0 Å². The third kappa shape index (κ3) is 1.22. The van der Waals surface area contributed by atoms with E-state index in [1.807, 2.05) is 24.3 Å². The second-order valence-electron chi connectivity index (χ2n) is 3.84. The highest BCUT2D eigenvalue weighted by Gasteiger charge is 2.50. The number of Topliss-reactive ketones (excluding diaryl/α,β-unsaturated/α-hetero) is 1. The van der Waals surface area contributed by atoms with Crippen LogP contribution in [-0.4, -0.2) is 12.9 Å². The SMILES string of the molecule is COc1ccccc1C1(C(C)=O)CC1. The minimum absolute atomic E-state index is 0.230. The molecule has 0 N–H and O–H groups in total. The second kappa shape index (κ2) is 3.12. The fraction of sp³-hybridized carbons (Fsp3) is 0.417. The molecule has 0 saturated heterocycles. The molecule has 0 atom stereocenters. The summed E-state index contributed by atoms with van der Waals surface area (Å²) in [5.74, 6) is 1.09. The molecule has 1 aliphatic rings. The highest BCUT2D eigenvalue weighted by atomic mass is 16.5. The van der Waals surface area contributed by atoms with Crippen LogP contribution in [0.15, 0.2) is 24.3 Å². The van der Waals surface area contributed by atoms with Gasteiger partial charge in [-0.1, -0.05) is 18.2 Å². The lowest BCUT2D eigenvalue weighted by Gasteiger charge is -2.15. The summed E-state index contributed by atoms with van der Waals surface area (Å²) >= 11 is 0. The molecule has 1 aliphatic carbocycles. The zero-order chi connectivity index (χ0) is 10.2. The Labute approximate surface area is 83.9 Å². The van der Waals surface area contributed by atoms with Gasteiger partial charge in [-0.3, -0.25) is 4.79 Å². The lowest BCUT2D eigenvalue weighted by Crippen LogP contribution is -2.17. The quantitative estimate of drug-likeness (QED) is 0.731. The average molecular weight is 190 g/mol. The predicted molar refractivity (Wildman–Crippen MR) is 54.6 cm³/mol. The van der Waals surface area contributed by atoms with Gasteiger partial charge in [0.05, 0.1) is 12.5 Å². The summed E-state index contributed by atoms with van der Waals surface area (Å²) < 4.78 is 5.27. The second-order valence-corrected chi connectivity index (χ2v) is 3.84. The lowest BCUT2D eigenvalue weighted by atomic mass is 9.91. The van der Waals surface area contributed by atoms with E-state index in [1.165, 1.54) is 0 Å². The normalized spacial score (nSPS) is 17.6. The minimum Gasteiger partial charge on any atom is -0.496 e. The number of carbonyl (C=O) groups is 1. The number of ether oxygens (including phenoxy) is 1. The Kier molecular flexibility index (Phi) is 2.06. The summed E-state index contributed by atoms with van der Waals surface area (Å²) in [6, 6.07) is 7.80. The first kappa shape index (κ1) is 9.25. The number of methoxy groups -OCH3 is 1. The number of carbonyl (C=O) groups excluding carboxylic acids is 1. The van der Waals surface area contributed by atoms with Crippen molar-refractivity contribution in [3.8, 4) is 5.75 Å². The summed E-state index contributed by atoms with van der Waals surface area (Å²) in [5, 5.41) is 0. The van der Waals surface area contributed by atoms with Crippen molar-refractivity contribution >= 4 is 5.78 Å². The maximum atomic E-state index is 11.5. The number of rotatable bonds is 3. The first-order chi connectivity index (χ1) is 6.70. The molecule has 74 valence electrons. The average Bonchev–Trinajstić information content (AvgIpc) is 2.98. The topological polar surface area (TPSA) is 26.3 Å². The van der Waals surface area contributed by atoms with Crippen LogP contribution < -0.4 is 4.74 Å². The molecule has 1 fully saturated rings. The van der Waals surface area contributed by atoms with E-state index in [4.69, 9.17) is 4.74 Å². The van der Waals surface area contributed by atoms with E-state index in [0.717, 1.165) is 24.2 Å². The van der Waals surface area contributed by atoms with E-state index in [9.17, 15) is 4.79 Å². The van der Waals surface area contributed by atoms with Gasteiger partial charge >= 0.3 is 0 Å². The van der Waals surface area contributed by atoms with Gasteiger partial charge in [0.25, 0.3) is 0 Å². The molecule has 1 aromatic rings. The number of para-hydroxylation sites is 1. The van der Waals surface area contributed by atoms with Gasteiger partial charge in [0.2, 0.25) is 0 Å². The van der Waals surface area contributed by atoms with Crippen molar-refractivity contribution in [1.82, 2.24) is 0 Å². The minimum atomic E-state index is -0.230. The van der Waals surface area contributed by atoms with E-state index in [-0.39, 0.29) is 11.2 Å². The van der Waals surface area contributed by atoms with Crippen molar-refractivity contribution in [2.45, 2.75) is 25.2 Å². The molecule has 0 spiro atoms. The Morgan fingerprint density at radius 1 is 1.36 bits per heavy atom. The van der Waals surface area contributed by atoms with E-state index in [1.54, 1.807) is 14.0 Å². The zero-order valence-electron chi connectivity index (χ0n) is 8.54. The third-order valence-corrected chi connectivity index (χ3v) is 3.05. The van der Waals surface area contributed by atoms with Gasteiger partial charge in [-0.2, -0.15) is 0 Å². The van der Waals surface area contributed by atoms with Crippen molar-refractivity contribution < 1.29 is 9.53 Å². The van der Waals surface area contributed by atoms with Crippen LogP contribution in [-0.2, 0) is 10.2 Å². The van der Waals surface area contributed by atoms with Crippen LogP contribution in [0.1, 0.15) is 25.3 Å². The number of benzene rings is 1. The summed E-state index contributed by atoms with van der Waals surface area (Å²) in [6.45, 7) is 1.67. The maximum Gasteiger partial charge on any atom is 0.140 e. The van der Waals surface area contributed by atoms with Crippen molar-refractivity contribution in [1.29, 1.82) is 0 Å². The third-order valence-electron chi connectivity index (χ3n) is 3.05. The molecule has 0 heterocycles. The van der Waals surface area contributed by atoms with Crippen LogP contribution in [0.25, 0.3) is 0 Å². The molecule has 0 unspecified atom stereocenters. The van der Waals surface area contributed by atoms with Gasteiger partial charge in [0, 0.05) is 5.56 Å². The first-order valence-corrected chi connectivity index (χ1v) is 4.85. The van der Waals surface area contributed by atoms with Crippen molar-refractivity contribution in [2.24, 2.45) is 0 Å². The molecular formula is C12H14O2. The van der Waals surface area contributed by atoms with E-state index >= 15 is 0 Å². The van der Waals surface area contributed by atoms with Gasteiger partial charge in [-0.15, -0.1) is 0 Å². The van der Waals surface area contributed by atoms with Gasteiger partial charge in [-0.05, 0) is 25.8 Å². The fourth-order valence-corrected chi connectivity index (χ4v) is 1.98. The Morgan fingerprint density at radius 3 is 2.50 bits per heavy atom. The van der Waals surface area contributed by atoms with Crippen molar-refractivity contribution in [3.05, 3.63) is 29.8 Å². The molecule has 2 heteroatoms.